The van der Waals surface area contributed by atoms with E-state index < -0.39 is 5.92 Å². The molecule has 0 unspecified atom stereocenters. The van der Waals surface area contributed by atoms with Crippen LogP contribution in [-0.2, 0) is 12.8 Å². The molecule has 0 atom stereocenters. The molecular formula is C21H26F2N6O. The SMILES string of the molecule is O=C(N[C@H]1CC[C@H](N2CCC(F)(F)C2)CC1)c1nc(-n2ccnc2)nc2c1CCC2. The Kier molecular flexibility index (Phi) is 5.00. The Hall–Kier alpha value is -2.42. The Morgan fingerprint density at radius 1 is 1.17 bits per heavy atom. The van der Waals surface area contributed by atoms with E-state index in [0.29, 0.717) is 18.2 Å². The number of imidazole rings is 1. The summed E-state index contributed by atoms with van der Waals surface area (Å²) in [6.07, 6.45) is 10.9. The molecule has 0 aromatic carbocycles. The minimum Gasteiger partial charge on any atom is -0.348 e. The molecule has 2 fully saturated rings. The number of likely N-dealkylation sites (tertiary alicyclic amines) is 1. The largest absolute Gasteiger partial charge is 0.348 e. The molecule has 5 rings (SSSR count). The van der Waals surface area contributed by atoms with Crippen LogP contribution in [0.25, 0.3) is 5.95 Å². The average molecular weight is 416 g/mol. The summed E-state index contributed by atoms with van der Waals surface area (Å²) in [4.78, 5) is 28.2. The molecule has 1 aliphatic heterocycles. The van der Waals surface area contributed by atoms with E-state index in [4.69, 9.17) is 0 Å². The molecule has 30 heavy (non-hydrogen) atoms. The van der Waals surface area contributed by atoms with E-state index in [1.807, 2.05) is 4.90 Å². The van der Waals surface area contributed by atoms with E-state index in [1.54, 1.807) is 23.3 Å². The van der Waals surface area contributed by atoms with Gasteiger partial charge in [0.2, 0.25) is 5.95 Å². The van der Waals surface area contributed by atoms with Crippen LogP contribution in [-0.4, -0.2) is 61.4 Å². The number of aryl methyl sites for hydroxylation is 1. The standard InChI is InChI=1S/C21H26F2N6O/c22-21(23)8-10-28(12-21)15-6-4-14(5-7-15)25-19(30)18-16-2-1-3-17(16)26-20(27-18)29-11-9-24-13-29/h9,11,13-15H,1-8,10,12H2,(H,25,30)/t14-,15-. The fourth-order valence-corrected chi connectivity index (χ4v) is 5.01. The maximum atomic E-state index is 13.5. The third kappa shape index (κ3) is 3.82. The summed E-state index contributed by atoms with van der Waals surface area (Å²) in [5.74, 6) is -2.24. The number of fused-ring (bicyclic) bond motifs is 1. The fraction of sp³-hybridized carbons (Fsp3) is 0.619. The zero-order valence-corrected chi connectivity index (χ0v) is 16.9. The molecule has 1 amide bonds. The summed E-state index contributed by atoms with van der Waals surface area (Å²) in [6, 6.07) is 0.253. The Morgan fingerprint density at radius 3 is 2.70 bits per heavy atom. The van der Waals surface area contributed by atoms with Crippen molar-refractivity contribution in [1.82, 2.24) is 29.7 Å². The summed E-state index contributed by atoms with van der Waals surface area (Å²) in [5, 5.41) is 3.14. The van der Waals surface area contributed by atoms with Crippen LogP contribution in [0.2, 0.25) is 0 Å². The van der Waals surface area contributed by atoms with Crippen LogP contribution >= 0.6 is 0 Å². The number of hydrogen-bond acceptors (Lipinski definition) is 5. The third-order valence-corrected chi connectivity index (χ3v) is 6.62. The van der Waals surface area contributed by atoms with Gasteiger partial charge in [-0.25, -0.2) is 23.7 Å². The van der Waals surface area contributed by atoms with Crippen LogP contribution in [0.5, 0.6) is 0 Å². The molecule has 2 aromatic rings. The topological polar surface area (TPSA) is 75.9 Å². The lowest BCUT2D eigenvalue weighted by Gasteiger charge is -2.34. The highest BCUT2D eigenvalue weighted by Crippen LogP contribution is 2.33. The molecule has 0 bridgehead atoms. The lowest BCUT2D eigenvalue weighted by molar-refractivity contribution is 0.00504. The normalized spacial score (nSPS) is 25.9. The average Bonchev–Trinajstić information content (AvgIpc) is 3.48. The van der Waals surface area contributed by atoms with Gasteiger partial charge in [-0.15, -0.1) is 0 Å². The first-order valence-electron chi connectivity index (χ1n) is 10.8. The van der Waals surface area contributed by atoms with Gasteiger partial charge in [-0.05, 0) is 44.9 Å². The van der Waals surface area contributed by atoms with Crippen molar-refractivity contribution >= 4 is 5.91 Å². The van der Waals surface area contributed by atoms with Crippen LogP contribution in [0, 0.1) is 0 Å². The first kappa shape index (κ1) is 19.5. The lowest BCUT2D eigenvalue weighted by Crippen LogP contribution is -2.44. The summed E-state index contributed by atoms with van der Waals surface area (Å²) in [7, 11) is 0. The third-order valence-electron chi connectivity index (χ3n) is 6.62. The predicted molar refractivity (Wildman–Crippen MR) is 106 cm³/mol. The van der Waals surface area contributed by atoms with Crippen molar-refractivity contribution in [3.8, 4) is 5.95 Å². The first-order chi connectivity index (χ1) is 14.5. The highest BCUT2D eigenvalue weighted by Gasteiger charge is 2.41. The minimum atomic E-state index is -2.55. The van der Waals surface area contributed by atoms with E-state index in [0.717, 1.165) is 56.2 Å². The molecule has 0 radical (unpaired) electrons. The van der Waals surface area contributed by atoms with Crippen LogP contribution in [0.4, 0.5) is 8.78 Å². The summed E-state index contributed by atoms with van der Waals surface area (Å²) < 4.78 is 28.7. The van der Waals surface area contributed by atoms with E-state index >= 15 is 0 Å². The highest BCUT2D eigenvalue weighted by molar-refractivity contribution is 5.94. The van der Waals surface area contributed by atoms with Crippen molar-refractivity contribution in [2.75, 3.05) is 13.1 Å². The zero-order chi connectivity index (χ0) is 20.7. The van der Waals surface area contributed by atoms with Gasteiger partial charge in [0.1, 0.15) is 12.0 Å². The number of carbonyl (C=O) groups is 1. The fourth-order valence-electron chi connectivity index (χ4n) is 5.01. The molecule has 160 valence electrons. The molecule has 3 aliphatic rings. The van der Waals surface area contributed by atoms with E-state index in [-0.39, 0.29) is 31.0 Å². The smallest absolute Gasteiger partial charge is 0.270 e. The van der Waals surface area contributed by atoms with Crippen molar-refractivity contribution in [1.29, 1.82) is 0 Å². The Bertz CT molecular complexity index is 924. The molecule has 1 saturated carbocycles. The van der Waals surface area contributed by atoms with Crippen molar-refractivity contribution in [3.63, 3.8) is 0 Å². The molecule has 7 nitrogen and oxygen atoms in total. The van der Waals surface area contributed by atoms with Crippen molar-refractivity contribution < 1.29 is 13.6 Å². The van der Waals surface area contributed by atoms with Crippen LogP contribution < -0.4 is 5.32 Å². The minimum absolute atomic E-state index is 0.0399. The van der Waals surface area contributed by atoms with Crippen LogP contribution in [0.15, 0.2) is 18.7 Å². The molecular weight excluding hydrogens is 390 g/mol. The summed E-state index contributed by atoms with van der Waals surface area (Å²) in [5.41, 5.74) is 2.35. The number of nitrogens with zero attached hydrogens (tertiary/aromatic N) is 5. The number of alkyl halides is 2. The molecule has 2 aromatic heterocycles. The number of nitrogens with one attached hydrogen (secondary N) is 1. The van der Waals surface area contributed by atoms with Gasteiger partial charge >= 0.3 is 0 Å². The Morgan fingerprint density at radius 2 is 2.00 bits per heavy atom. The summed E-state index contributed by atoms with van der Waals surface area (Å²) in [6.45, 7) is 0.345. The maximum Gasteiger partial charge on any atom is 0.270 e. The van der Waals surface area contributed by atoms with Gasteiger partial charge in [-0.3, -0.25) is 14.3 Å². The second-order valence-electron chi connectivity index (χ2n) is 8.68. The van der Waals surface area contributed by atoms with Crippen molar-refractivity contribution in [2.45, 2.75) is 69.4 Å². The monoisotopic (exact) mass is 416 g/mol. The van der Waals surface area contributed by atoms with E-state index in [9.17, 15) is 13.6 Å². The summed E-state index contributed by atoms with van der Waals surface area (Å²) >= 11 is 0. The highest BCUT2D eigenvalue weighted by atomic mass is 19.3. The molecule has 0 spiro atoms. The first-order valence-corrected chi connectivity index (χ1v) is 10.8. The molecule has 1 N–H and O–H groups in total. The van der Waals surface area contributed by atoms with E-state index in [2.05, 4.69) is 20.3 Å². The Balaban J connectivity index is 1.25. The maximum absolute atomic E-state index is 13.5. The van der Waals surface area contributed by atoms with Crippen LogP contribution in [0.1, 0.15) is 60.3 Å². The lowest BCUT2D eigenvalue weighted by atomic mass is 9.90. The second-order valence-corrected chi connectivity index (χ2v) is 8.68. The van der Waals surface area contributed by atoms with Gasteiger partial charge in [0, 0.05) is 48.7 Å². The van der Waals surface area contributed by atoms with E-state index in [1.165, 1.54) is 0 Å². The number of rotatable bonds is 4. The molecule has 1 saturated heterocycles. The quantitative estimate of drug-likeness (QED) is 0.829. The predicted octanol–water partition coefficient (Wildman–Crippen LogP) is 2.53. The van der Waals surface area contributed by atoms with Crippen molar-refractivity contribution in [3.05, 3.63) is 35.7 Å². The zero-order valence-electron chi connectivity index (χ0n) is 16.9. The molecule has 9 heteroatoms. The van der Waals surface area contributed by atoms with Gasteiger partial charge in [0.25, 0.3) is 11.8 Å². The number of amides is 1. The van der Waals surface area contributed by atoms with Gasteiger partial charge in [0.05, 0.1) is 6.54 Å². The number of carbonyl (C=O) groups excluding carboxylic acids is 1. The number of hydrogen-bond donors (Lipinski definition) is 1. The van der Waals surface area contributed by atoms with Gasteiger partial charge in [0.15, 0.2) is 0 Å². The molecule has 3 heterocycles. The van der Waals surface area contributed by atoms with Gasteiger partial charge in [-0.1, -0.05) is 0 Å². The van der Waals surface area contributed by atoms with Crippen molar-refractivity contribution in [2.24, 2.45) is 0 Å². The Labute approximate surface area is 173 Å². The van der Waals surface area contributed by atoms with Gasteiger partial charge in [-0.2, -0.15) is 0 Å². The molecule has 2 aliphatic carbocycles. The number of halogens is 2. The second kappa shape index (κ2) is 7.68. The van der Waals surface area contributed by atoms with Gasteiger partial charge < -0.3 is 5.32 Å². The van der Waals surface area contributed by atoms with Crippen LogP contribution in [0.3, 0.4) is 0 Å². The number of aromatic nitrogens is 4.